The smallest absolute Gasteiger partial charge is 0.159 e. The van der Waals surface area contributed by atoms with Crippen LogP contribution < -0.4 is 4.90 Å². The van der Waals surface area contributed by atoms with Crippen molar-refractivity contribution in [3.8, 4) is 11.1 Å². The number of benzene rings is 7. The number of furan rings is 2. The third kappa shape index (κ3) is 3.71. The van der Waals surface area contributed by atoms with Gasteiger partial charge in [0.15, 0.2) is 5.58 Å². The highest BCUT2D eigenvalue weighted by Gasteiger charge is 2.23. The van der Waals surface area contributed by atoms with Gasteiger partial charge in [0.05, 0.1) is 21.8 Å². The van der Waals surface area contributed by atoms with E-state index < -0.39 is 0 Å². The first-order chi connectivity index (χ1) is 22.8. The molecule has 4 heteroatoms. The van der Waals surface area contributed by atoms with Crippen LogP contribution >= 0.6 is 11.3 Å². The number of hydrogen-bond acceptors (Lipinski definition) is 4. The van der Waals surface area contributed by atoms with Gasteiger partial charge in [0, 0.05) is 43.1 Å². The molecule has 0 unspecified atom stereocenters. The van der Waals surface area contributed by atoms with Gasteiger partial charge in [-0.15, -0.1) is 11.3 Å². The highest BCUT2D eigenvalue weighted by Crippen LogP contribution is 2.49. The van der Waals surface area contributed by atoms with E-state index in [4.69, 9.17) is 8.83 Å². The fourth-order valence-electron chi connectivity index (χ4n) is 7.00. The van der Waals surface area contributed by atoms with Gasteiger partial charge >= 0.3 is 0 Å². The van der Waals surface area contributed by atoms with Gasteiger partial charge in [0.2, 0.25) is 0 Å². The Morgan fingerprint density at radius 3 is 1.85 bits per heavy atom. The summed E-state index contributed by atoms with van der Waals surface area (Å²) < 4.78 is 15.5. The maximum atomic E-state index is 6.63. The first-order valence-electron chi connectivity index (χ1n) is 15.4. The molecule has 0 spiro atoms. The number of rotatable bonds is 4. The molecule has 0 aliphatic rings. The van der Waals surface area contributed by atoms with Crippen LogP contribution in [0.4, 0.5) is 17.1 Å². The molecular weight excluding hydrogens is 583 g/mol. The van der Waals surface area contributed by atoms with Crippen LogP contribution in [0.5, 0.6) is 0 Å². The van der Waals surface area contributed by atoms with Crippen LogP contribution in [0.3, 0.4) is 0 Å². The minimum absolute atomic E-state index is 0.857. The van der Waals surface area contributed by atoms with E-state index in [0.717, 1.165) is 60.9 Å². The van der Waals surface area contributed by atoms with Crippen molar-refractivity contribution in [3.63, 3.8) is 0 Å². The van der Waals surface area contributed by atoms with Crippen LogP contribution in [0.15, 0.2) is 160 Å². The number of nitrogens with zero attached hydrogens (tertiary/aromatic N) is 1. The van der Waals surface area contributed by atoms with E-state index in [1.165, 1.54) is 31.3 Å². The molecule has 0 fully saturated rings. The largest absolute Gasteiger partial charge is 0.456 e. The second kappa shape index (κ2) is 9.83. The van der Waals surface area contributed by atoms with Crippen LogP contribution in [0.2, 0.25) is 0 Å². The van der Waals surface area contributed by atoms with Crippen molar-refractivity contribution < 1.29 is 8.83 Å². The molecule has 46 heavy (non-hydrogen) atoms. The van der Waals surface area contributed by atoms with E-state index >= 15 is 0 Å². The summed E-state index contributed by atoms with van der Waals surface area (Å²) in [7, 11) is 0. The number of anilines is 3. The number of para-hydroxylation sites is 3. The van der Waals surface area contributed by atoms with E-state index in [1.807, 2.05) is 35.6 Å². The van der Waals surface area contributed by atoms with E-state index in [1.54, 1.807) is 0 Å². The molecule has 0 aliphatic heterocycles. The molecule has 7 aromatic carbocycles. The van der Waals surface area contributed by atoms with Crippen LogP contribution in [-0.4, -0.2) is 0 Å². The van der Waals surface area contributed by atoms with E-state index in [2.05, 4.69) is 132 Å². The van der Waals surface area contributed by atoms with Crippen molar-refractivity contribution in [2.24, 2.45) is 0 Å². The Morgan fingerprint density at radius 1 is 0.413 bits per heavy atom. The molecule has 0 N–H and O–H groups in total. The fourth-order valence-corrected chi connectivity index (χ4v) is 8.34. The average molecular weight is 608 g/mol. The van der Waals surface area contributed by atoms with Crippen LogP contribution in [0.1, 0.15) is 0 Å². The maximum Gasteiger partial charge on any atom is 0.159 e. The van der Waals surface area contributed by atoms with Gasteiger partial charge in [-0.05, 0) is 47.5 Å². The van der Waals surface area contributed by atoms with Crippen molar-refractivity contribution in [2.45, 2.75) is 0 Å². The highest BCUT2D eigenvalue weighted by atomic mass is 32.1. The number of hydrogen-bond donors (Lipinski definition) is 0. The highest BCUT2D eigenvalue weighted by molar-refractivity contribution is 7.27. The summed E-state index contributed by atoms with van der Waals surface area (Å²) in [4.78, 5) is 2.34. The third-order valence-electron chi connectivity index (χ3n) is 9.07. The van der Waals surface area contributed by atoms with Gasteiger partial charge in [-0.1, -0.05) is 109 Å². The standard InChI is InChI=1S/C42H25NO2S/c1-2-11-26(12-3-1)28-15-8-17-33-34-18-10-20-36(42(34)46-41(28)33)43(27-23-24-31-29-13-4-6-21-37(29)44-39(31)25-27)35-19-9-16-32-30-14-5-7-22-38(30)45-40(32)35/h1-25H. The summed E-state index contributed by atoms with van der Waals surface area (Å²) in [6.07, 6.45) is 0. The second-order valence-corrected chi connectivity index (χ2v) is 12.7. The summed E-state index contributed by atoms with van der Waals surface area (Å²) in [6, 6.07) is 53.5. The molecule has 0 bridgehead atoms. The second-order valence-electron chi connectivity index (χ2n) is 11.7. The maximum absolute atomic E-state index is 6.63. The topological polar surface area (TPSA) is 29.5 Å². The van der Waals surface area contributed by atoms with Gasteiger partial charge in [-0.2, -0.15) is 0 Å². The molecular formula is C42H25NO2S. The summed E-state index contributed by atoms with van der Waals surface area (Å²) in [6.45, 7) is 0. The van der Waals surface area contributed by atoms with Crippen molar-refractivity contribution in [3.05, 3.63) is 152 Å². The number of thiophene rings is 1. The molecule has 0 radical (unpaired) electrons. The molecule has 10 rings (SSSR count). The zero-order valence-corrected chi connectivity index (χ0v) is 25.4. The summed E-state index contributed by atoms with van der Waals surface area (Å²) >= 11 is 1.85. The lowest BCUT2D eigenvalue weighted by Gasteiger charge is -2.26. The third-order valence-corrected chi connectivity index (χ3v) is 10.4. The first-order valence-corrected chi connectivity index (χ1v) is 16.2. The zero-order chi connectivity index (χ0) is 30.2. The molecule has 3 nitrogen and oxygen atoms in total. The Bertz CT molecular complexity index is 2770. The van der Waals surface area contributed by atoms with Crippen molar-refractivity contribution in [1.29, 1.82) is 0 Å². The minimum atomic E-state index is 0.857. The Morgan fingerprint density at radius 2 is 1.02 bits per heavy atom. The van der Waals surface area contributed by atoms with E-state index in [9.17, 15) is 0 Å². The van der Waals surface area contributed by atoms with Gasteiger partial charge in [0.1, 0.15) is 16.7 Å². The zero-order valence-electron chi connectivity index (χ0n) is 24.6. The molecule has 0 amide bonds. The van der Waals surface area contributed by atoms with Gasteiger partial charge in [-0.25, -0.2) is 0 Å². The fraction of sp³-hybridized carbons (Fsp3) is 0. The number of fused-ring (bicyclic) bond motifs is 9. The monoisotopic (exact) mass is 607 g/mol. The summed E-state index contributed by atoms with van der Waals surface area (Å²) in [5, 5.41) is 6.93. The predicted molar refractivity (Wildman–Crippen MR) is 194 cm³/mol. The molecule has 0 saturated heterocycles. The van der Waals surface area contributed by atoms with Crippen LogP contribution in [0, 0.1) is 0 Å². The van der Waals surface area contributed by atoms with Gasteiger partial charge in [0.25, 0.3) is 0 Å². The summed E-state index contributed by atoms with van der Waals surface area (Å²) in [5.41, 5.74) is 9.05. The molecule has 0 aliphatic carbocycles. The van der Waals surface area contributed by atoms with Crippen molar-refractivity contribution in [1.82, 2.24) is 0 Å². The van der Waals surface area contributed by atoms with Crippen molar-refractivity contribution >= 4 is 92.4 Å². The Kier molecular flexibility index (Phi) is 5.45. The molecule has 3 aromatic heterocycles. The Hall–Kier alpha value is -5.84. The van der Waals surface area contributed by atoms with Gasteiger partial charge in [-0.3, -0.25) is 0 Å². The first kappa shape index (κ1) is 25.5. The lowest BCUT2D eigenvalue weighted by molar-refractivity contribution is 0.667. The summed E-state index contributed by atoms with van der Waals surface area (Å²) in [5.74, 6) is 0. The van der Waals surface area contributed by atoms with E-state index in [-0.39, 0.29) is 0 Å². The molecule has 10 aromatic rings. The Balaban J connectivity index is 1.28. The molecule has 0 atom stereocenters. The lowest BCUT2D eigenvalue weighted by atomic mass is 10.0. The van der Waals surface area contributed by atoms with Crippen LogP contribution in [0.25, 0.3) is 75.2 Å². The molecule has 3 heterocycles. The van der Waals surface area contributed by atoms with Gasteiger partial charge < -0.3 is 13.7 Å². The van der Waals surface area contributed by atoms with Crippen molar-refractivity contribution in [2.75, 3.05) is 4.90 Å². The normalized spacial score (nSPS) is 11.9. The SMILES string of the molecule is c1ccc(-c2cccc3c2sc2c(N(c4ccc5c(c4)oc4ccccc45)c4cccc5c4oc4ccccc45)cccc23)cc1. The predicted octanol–water partition coefficient (Wildman–Crippen LogP) is 13.0. The van der Waals surface area contributed by atoms with E-state index in [0.29, 0.717) is 0 Å². The minimum Gasteiger partial charge on any atom is -0.456 e. The lowest BCUT2D eigenvalue weighted by Crippen LogP contribution is -2.10. The molecule has 216 valence electrons. The molecule has 0 saturated carbocycles. The van der Waals surface area contributed by atoms with Crippen LogP contribution in [-0.2, 0) is 0 Å². The Labute approximate surface area is 268 Å². The quantitative estimate of drug-likeness (QED) is 0.199. The average Bonchev–Trinajstić information content (AvgIpc) is 3.80.